The van der Waals surface area contributed by atoms with Crippen LogP contribution in [0.15, 0.2) is 60.7 Å². The zero-order valence-electron chi connectivity index (χ0n) is 20.5. The van der Waals surface area contributed by atoms with E-state index in [4.69, 9.17) is 4.74 Å². The Balaban J connectivity index is 1.39. The fourth-order valence-electron chi connectivity index (χ4n) is 5.01. The van der Waals surface area contributed by atoms with E-state index < -0.39 is 11.6 Å². The minimum atomic E-state index is -0.759. The number of halogens is 3. The predicted molar refractivity (Wildman–Crippen MR) is 137 cm³/mol. The van der Waals surface area contributed by atoms with Crippen LogP contribution in [0.2, 0.25) is 0 Å². The number of benzene rings is 3. The molecule has 4 rings (SSSR count). The van der Waals surface area contributed by atoms with Crippen molar-refractivity contribution in [2.75, 3.05) is 6.61 Å². The van der Waals surface area contributed by atoms with Crippen LogP contribution in [0.3, 0.4) is 0 Å². The monoisotopic (exact) mass is 478 g/mol. The summed E-state index contributed by atoms with van der Waals surface area (Å²) in [5.74, 6) is -1.23. The summed E-state index contributed by atoms with van der Waals surface area (Å²) < 4.78 is 49.4. The van der Waals surface area contributed by atoms with Crippen molar-refractivity contribution in [2.45, 2.75) is 58.3 Å². The molecule has 35 heavy (non-hydrogen) atoms. The number of ether oxygens (including phenoxy) is 1. The number of hydrogen-bond donors (Lipinski definition) is 0. The molecule has 3 aromatic rings. The van der Waals surface area contributed by atoms with Gasteiger partial charge in [-0.15, -0.1) is 0 Å². The maximum absolute atomic E-state index is 15.1. The summed E-state index contributed by atoms with van der Waals surface area (Å²) in [4.78, 5) is 0. The maximum Gasteiger partial charge on any atom is 0.166 e. The summed E-state index contributed by atoms with van der Waals surface area (Å²) >= 11 is 0. The fraction of sp³-hybridized carbons (Fsp3) is 0.355. The van der Waals surface area contributed by atoms with Crippen molar-refractivity contribution in [3.8, 4) is 16.9 Å². The van der Waals surface area contributed by atoms with Gasteiger partial charge in [-0.25, -0.2) is 13.2 Å². The van der Waals surface area contributed by atoms with Crippen LogP contribution in [0.25, 0.3) is 17.2 Å². The van der Waals surface area contributed by atoms with Crippen molar-refractivity contribution in [1.29, 1.82) is 0 Å². The summed E-state index contributed by atoms with van der Waals surface area (Å²) in [5, 5.41) is 0. The van der Waals surface area contributed by atoms with Gasteiger partial charge in [0.25, 0.3) is 0 Å². The normalized spacial score (nSPS) is 18.2. The van der Waals surface area contributed by atoms with Gasteiger partial charge in [-0.05, 0) is 85.3 Å². The van der Waals surface area contributed by atoms with Crippen LogP contribution in [0.1, 0.15) is 68.6 Å². The van der Waals surface area contributed by atoms with E-state index in [-0.39, 0.29) is 17.5 Å². The number of allylic oxidation sites excluding steroid dienone is 1. The Morgan fingerprint density at radius 1 is 0.857 bits per heavy atom. The zero-order chi connectivity index (χ0) is 24.8. The second-order valence-corrected chi connectivity index (χ2v) is 9.37. The van der Waals surface area contributed by atoms with Gasteiger partial charge in [0.15, 0.2) is 23.2 Å². The van der Waals surface area contributed by atoms with Gasteiger partial charge < -0.3 is 4.74 Å². The van der Waals surface area contributed by atoms with Gasteiger partial charge in [0.2, 0.25) is 0 Å². The second kappa shape index (κ2) is 11.6. The van der Waals surface area contributed by atoms with Gasteiger partial charge in [0.05, 0.1) is 6.61 Å². The number of aryl methyl sites for hydroxylation is 1. The summed E-state index contributed by atoms with van der Waals surface area (Å²) in [5.41, 5.74) is 3.48. The lowest BCUT2D eigenvalue weighted by Gasteiger charge is -2.27. The van der Waals surface area contributed by atoms with Gasteiger partial charge >= 0.3 is 0 Å². The SMILES string of the molecule is CCCc1ccc(-c2ccc(C3CCC(/C=C/c4ccc(OCC)c(F)c4)CC3)c(F)c2F)cc1. The molecule has 0 amide bonds. The van der Waals surface area contributed by atoms with Crippen LogP contribution in [-0.2, 0) is 6.42 Å². The molecule has 0 spiro atoms. The molecule has 1 fully saturated rings. The number of rotatable bonds is 8. The molecular formula is C31H33F3O. The average Bonchev–Trinajstić information content (AvgIpc) is 2.87. The summed E-state index contributed by atoms with van der Waals surface area (Å²) in [6.07, 6.45) is 9.45. The van der Waals surface area contributed by atoms with E-state index in [0.29, 0.717) is 29.2 Å². The molecule has 3 aromatic carbocycles. The molecule has 0 N–H and O–H groups in total. The molecule has 0 radical (unpaired) electrons. The minimum Gasteiger partial charge on any atom is -0.491 e. The van der Waals surface area contributed by atoms with Crippen molar-refractivity contribution in [2.24, 2.45) is 5.92 Å². The number of hydrogen-bond acceptors (Lipinski definition) is 1. The Bertz CT molecular complexity index is 1160. The smallest absolute Gasteiger partial charge is 0.166 e. The lowest BCUT2D eigenvalue weighted by molar-refractivity contribution is 0.321. The lowest BCUT2D eigenvalue weighted by atomic mass is 9.78. The molecule has 0 aromatic heterocycles. The minimum absolute atomic E-state index is 0.0121. The third-order valence-corrected chi connectivity index (χ3v) is 6.94. The van der Waals surface area contributed by atoms with Crippen LogP contribution >= 0.6 is 0 Å². The van der Waals surface area contributed by atoms with Gasteiger partial charge in [-0.1, -0.05) is 68.0 Å². The topological polar surface area (TPSA) is 9.23 Å². The van der Waals surface area contributed by atoms with E-state index in [0.717, 1.165) is 44.1 Å². The molecule has 4 heteroatoms. The van der Waals surface area contributed by atoms with Crippen molar-refractivity contribution in [1.82, 2.24) is 0 Å². The Morgan fingerprint density at radius 2 is 1.60 bits per heavy atom. The zero-order valence-corrected chi connectivity index (χ0v) is 20.5. The molecule has 184 valence electrons. The largest absolute Gasteiger partial charge is 0.491 e. The Labute approximate surface area is 206 Å². The first-order valence-electron chi connectivity index (χ1n) is 12.7. The van der Waals surface area contributed by atoms with Crippen molar-refractivity contribution >= 4 is 6.08 Å². The molecule has 0 saturated heterocycles. The highest BCUT2D eigenvalue weighted by Crippen LogP contribution is 2.39. The van der Waals surface area contributed by atoms with Crippen LogP contribution < -0.4 is 4.74 Å². The molecular weight excluding hydrogens is 445 g/mol. The standard InChI is InChI=1S/C31H33F3O/c1-3-5-21-8-13-24(14-9-21)26-17-18-27(31(34)30(26)33)25-15-10-22(11-16-25)6-7-23-12-19-29(35-4-2)28(32)20-23/h6-9,12-14,17-20,22,25H,3-5,10-11,15-16H2,1-2H3/b7-6+. The maximum atomic E-state index is 15.1. The Morgan fingerprint density at radius 3 is 2.26 bits per heavy atom. The average molecular weight is 479 g/mol. The van der Waals surface area contributed by atoms with Crippen molar-refractivity contribution in [3.63, 3.8) is 0 Å². The highest BCUT2D eigenvalue weighted by Gasteiger charge is 2.25. The first-order chi connectivity index (χ1) is 17.0. The molecule has 1 aliphatic carbocycles. The van der Waals surface area contributed by atoms with Crippen LogP contribution in [0, 0.1) is 23.4 Å². The van der Waals surface area contributed by atoms with Gasteiger partial charge in [0, 0.05) is 5.56 Å². The molecule has 1 saturated carbocycles. The summed E-state index contributed by atoms with van der Waals surface area (Å²) in [6.45, 7) is 4.37. The van der Waals surface area contributed by atoms with Crippen molar-refractivity contribution < 1.29 is 17.9 Å². The molecule has 0 heterocycles. The lowest BCUT2D eigenvalue weighted by Crippen LogP contribution is -2.13. The van der Waals surface area contributed by atoms with E-state index >= 15 is 8.78 Å². The molecule has 0 unspecified atom stereocenters. The first kappa shape index (κ1) is 25.1. The van der Waals surface area contributed by atoms with E-state index in [1.165, 1.54) is 11.6 Å². The summed E-state index contributed by atoms with van der Waals surface area (Å²) in [6, 6.07) is 16.2. The van der Waals surface area contributed by atoms with E-state index in [1.54, 1.807) is 18.2 Å². The molecule has 1 aliphatic rings. The third-order valence-electron chi connectivity index (χ3n) is 6.94. The Kier molecular flexibility index (Phi) is 8.33. The molecule has 1 nitrogen and oxygen atoms in total. The van der Waals surface area contributed by atoms with Gasteiger partial charge in [-0.2, -0.15) is 0 Å². The second-order valence-electron chi connectivity index (χ2n) is 9.37. The highest BCUT2D eigenvalue weighted by atomic mass is 19.2. The van der Waals surface area contributed by atoms with E-state index in [1.807, 2.05) is 43.3 Å². The van der Waals surface area contributed by atoms with Gasteiger partial charge in [-0.3, -0.25) is 0 Å². The highest BCUT2D eigenvalue weighted by molar-refractivity contribution is 5.65. The third kappa shape index (κ3) is 5.98. The fourth-order valence-corrected chi connectivity index (χ4v) is 5.01. The molecule has 0 aliphatic heterocycles. The quantitative estimate of drug-likeness (QED) is 0.314. The Hall–Kier alpha value is -3.01. The molecule has 0 bridgehead atoms. The molecule has 0 atom stereocenters. The summed E-state index contributed by atoms with van der Waals surface area (Å²) in [7, 11) is 0. The van der Waals surface area contributed by atoms with Crippen LogP contribution in [0.4, 0.5) is 13.2 Å². The van der Waals surface area contributed by atoms with Gasteiger partial charge in [0.1, 0.15) is 0 Å². The van der Waals surface area contributed by atoms with Crippen LogP contribution in [-0.4, -0.2) is 6.61 Å². The predicted octanol–water partition coefficient (Wildman–Crippen LogP) is 9.11. The first-order valence-corrected chi connectivity index (χ1v) is 12.7. The van der Waals surface area contributed by atoms with Crippen molar-refractivity contribution in [3.05, 3.63) is 94.8 Å². The van der Waals surface area contributed by atoms with Crippen LogP contribution in [0.5, 0.6) is 5.75 Å². The van der Waals surface area contributed by atoms with E-state index in [2.05, 4.69) is 13.0 Å². The van der Waals surface area contributed by atoms with E-state index in [9.17, 15) is 4.39 Å².